The summed E-state index contributed by atoms with van der Waals surface area (Å²) in [4.78, 5) is 16.4. The molecule has 3 rings (SSSR count). The zero-order valence-corrected chi connectivity index (χ0v) is 13.3. The van der Waals surface area contributed by atoms with E-state index in [0.717, 1.165) is 30.8 Å². The molecule has 0 saturated carbocycles. The summed E-state index contributed by atoms with van der Waals surface area (Å²) < 4.78 is 5.47. The maximum atomic E-state index is 12.0. The fourth-order valence-electron chi connectivity index (χ4n) is 2.88. The summed E-state index contributed by atoms with van der Waals surface area (Å²) in [5, 5.41) is 6.27. The van der Waals surface area contributed by atoms with E-state index in [1.54, 1.807) is 6.26 Å². The van der Waals surface area contributed by atoms with E-state index < -0.39 is 0 Å². The molecule has 2 aromatic rings. The number of nitrogens with zero attached hydrogens (tertiary/aromatic N) is 1. The lowest BCUT2D eigenvalue weighted by Gasteiger charge is -2.22. The van der Waals surface area contributed by atoms with Crippen LogP contribution < -0.4 is 10.6 Å². The highest BCUT2D eigenvalue weighted by atomic mass is 16.3. The largest absolute Gasteiger partial charge is 0.444 e. The van der Waals surface area contributed by atoms with Crippen molar-refractivity contribution in [1.82, 2.24) is 15.6 Å². The quantitative estimate of drug-likeness (QED) is 0.860. The van der Waals surface area contributed by atoms with Gasteiger partial charge in [-0.2, -0.15) is 0 Å². The Morgan fingerprint density at radius 2 is 2.04 bits per heavy atom. The molecule has 122 valence electrons. The van der Waals surface area contributed by atoms with Crippen LogP contribution >= 0.6 is 0 Å². The van der Waals surface area contributed by atoms with Gasteiger partial charge in [-0.1, -0.05) is 18.2 Å². The topological polar surface area (TPSA) is 67.2 Å². The molecular weight excluding hydrogens is 290 g/mol. The van der Waals surface area contributed by atoms with E-state index in [1.165, 1.54) is 12.8 Å². The van der Waals surface area contributed by atoms with E-state index in [4.69, 9.17) is 4.42 Å². The molecule has 5 nitrogen and oxygen atoms in total. The maximum Gasteiger partial charge on any atom is 0.226 e. The SMILES string of the molecule is O=C(CCC1CCNCC1)NCc1coc(-c2ccccc2)n1. The van der Waals surface area contributed by atoms with Crippen molar-refractivity contribution in [3.05, 3.63) is 42.3 Å². The maximum absolute atomic E-state index is 12.0. The third-order valence-corrected chi connectivity index (χ3v) is 4.28. The van der Waals surface area contributed by atoms with E-state index >= 15 is 0 Å². The Labute approximate surface area is 136 Å². The Balaban J connectivity index is 1.43. The predicted molar refractivity (Wildman–Crippen MR) is 88.6 cm³/mol. The van der Waals surface area contributed by atoms with Gasteiger partial charge in [0.25, 0.3) is 0 Å². The van der Waals surface area contributed by atoms with Crippen LogP contribution in [0.2, 0.25) is 0 Å². The van der Waals surface area contributed by atoms with Crippen LogP contribution in [0.5, 0.6) is 0 Å². The van der Waals surface area contributed by atoms with Gasteiger partial charge in [-0.15, -0.1) is 0 Å². The molecule has 1 amide bonds. The number of hydrogen-bond donors (Lipinski definition) is 2. The standard InChI is InChI=1S/C18H23N3O2/c22-17(7-6-14-8-10-19-11-9-14)20-12-16-13-23-18(21-16)15-4-2-1-3-5-15/h1-5,13-14,19H,6-12H2,(H,20,22). The first-order valence-corrected chi connectivity index (χ1v) is 8.28. The fourth-order valence-corrected chi connectivity index (χ4v) is 2.88. The van der Waals surface area contributed by atoms with Crippen LogP contribution in [-0.4, -0.2) is 24.0 Å². The van der Waals surface area contributed by atoms with E-state index in [1.807, 2.05) is 30.3 Å². The first-order chi connectivity index (χ1) is 11.3. The molecule has 23 heavy (non-hydrogen) atoms. The zero-order valence-electron chi connectivity index (χ0n) is 13.3. The highest BCUT2D eigenvalue weighted by Crippen LogP contribution is 2.19. The predicted octanol–water partition coefficient (Wildman–Crippen LogP) is 2.74. The molecule has 2 N–H and O–H groups in total. The lowest BCUT2D eigenvalue weighted by molar-refractivity contribution is -0.121. The molecule has 0 aliphatic carbocycles. The number of amides is 1. The number of aromatic nitrogens is 1. The second kappa shape index (κ2) is 7.92. The molecule has 0 radical (unpaired) electrons. The summed E-state index contributed by atoms with van der Waals surface area (Å²) in [7, 11) is 0. The highest BCUT2D eigenvalue weighted by Gasteiger charge is 2.14. The Morgan fingerprint density at radius 3 is 2.83 bits per heavy atom. The van der Waals surface area contributed by atoms with Gasteiger partial charge in [-0.3, -0.25) is 4.79 Å². The van der Waals surface area contributed by atoms with Crippen LogP contribution in [0, 0.1) is 5.92 Å². The molecule has 0 unspecified atom stereocenters. The first kappa shape index (κ1) is 15.7. The number of oxazole rings is 1. The third-order valence-electron chi connectivity index (χ3n) is 4.28. The van der Waals surface area contributed by atoms with E-state index in [2.05, 4.69) is 15.6 Å². The van der Waals surface area contributed by atoms with Crippen molar-refractivity contribution in [2.45, 2.75) is 32.2 Å². The Kier molecular flexibility index (Phi) is 5.42. The molecule has 1 fully saturated rings. The molecule has 1 aromatic heterocycles. The van der Waals surface area contributed by atoms with Crippen molar-refractivity contribution >= 4 is 5.91 Å². The van der Waals surface area contributed by atoms with Crippen molar-refractivity contribution in [2.24, 2.45) is 5.92 Å². The van der Waals surface area contributed by atoms with Crippen molar-refractivity contribution < 1.29 is 9.21 Å². The van der Waals surface area contributed by atoms with Crippen LogP contribution in [0.3, 0.4) is 0 Å². The summed E-state index contributed by atoms with van der Waals surface area (Å²) in [5.41, 5.74) is 1.69. The van der Waals surface area contributed by atoms with E-state index in [9.17, 15) is 4.79 Å². The summed E-state index contributed by atoms with van der Waals surface area (Å²) in [6, 6.07) is 9.75. The minimum Gasteiger partial charge on any atom is -0.444 e. The molecule has 1 aliphatic rings. The number of piperidine rings is 1. The van der Waals surface area contributed by atoms with Gasteiger partial charge in [0, 0.05) is 12.0 Å². The molecule has 0 spiro atoms. The van der Waals surface area contributed by atoms with Crippen LogP contribution in [0.4, 0.5) is 0 Å². The van der Waals surface area contributed by atoms with Crippen LogP contribution in [-0.2, 0) is 11.3 Å². The summed E-state index contributed by atoms with van der Waals surface area (Å²) in [6.45, 7) is 2.57. The van der Waals surface area contributed by atoms with Gasteiger partial charge in [-0.25, -0.2) is 4.98 Å². The van der Waals surface area contributed by atoms with Crippen LogP contribution in [0.15, 0.2) is 41.0 Å². The number of rotatable bonds is 6. The first-order valence-electron chi connectivity index (χ1n) is 8.28. The van der Waals surface area contributed by atoms with Gasteiger partial charge in [-0.05, 0) is 50.4 Å². The van der Waals surface area contributed by atoms with Crippen LogP contribution in [0.1, 0.15) is 31.4 Å². The number of hydrogen-bond acceptors (Lipinski definition) is 4. The average Bonchev–Trinajstić information content (AvgIpc) is 3.09. The second-order valence-electron chi connectivity index (χ2n) is 6.02. The normalized spacial score (nSPS) is 15.5. The lowest BCUT2D eigenvalue weighted by atomic mass is 9.93. The van der Waals surface area contributed by atoms with Gasteiger partial charge >= 0.3 is 0 Å². The smallest absolute Gasteiger partial charge is 0.226 e. The van der Waals surface area contributed by atoms with Crippen molar-refractivity contribution in [1.29, 1.82) is 0 Å². The van der Waals surface area contributed by atoms with Gasteiger partial charge < -0.3 is 15.1 Å². The molecule has 0 bridgehead atoms. The van der Waals surface area contributed by atoms with Gasteiger partial charge in [0.1, 0.15) is 6.26 Å². The highest BCUT2D eigenvalue weighted by molar-refractivity contribution is 5.75. The van der Waals surface area contributed by atoms with Crippen molar-refractivity contribution in [3.8, 4) is 11.5 Å². The van der Waals surface area contributed by atoms with E-state index in [-0.39, 0.29) is 5.91 Å². The van der Waals surface area contributed by atoms with E-state index in [0.29, 0.717) is 24.8 Å². The Morgan fingerprint density at radius 1 is 1.26 bits per heavy atom. The number of carbonyl (C=O) groups is 1. The van der Waals surface area contributed by atoms with Crippen molar-refractivity contribution in [2.75, 3.05) is 13.1 Å². The summed E-state index contributed by atoms with van der Waals surface area (Å²) in [6.07, 6.45) is 5.53. The Hall–Kier alpha value is -2.14. The molecule has 1 aromatic carbocycles. The van der Waals surface area contributed by atoms with Gasteiger partial charge in [0.2, 0.25) is 11.8 Å². The van der Waals surface area contributed by atoms with Crippen molar-refractivity contribution in [3.63, 3.8) is 0 Å². The summed E-state index contributed by atoms with van der Waals surface area (Å²) in [5.74, 6) is 1.36. The van der Waals surface area contributed by atoms with Gasteiger partial charge in [0.15, 0.2) is 0 Å². The third kappa shape index (κ3) is 4.66. The van der Waals surface area contributed by atoms with Gasteiger partial charge in [0.05, 0.1) is 12.2 Å². The summed E-state index contributed by atoms with van der Waals surface area (Å²) >= 11 is 0. The number of nitrogens with one attached hydrogen (secondary N) is 2. The minimum absolute atomic E-state index is 0.0905. The zero-order chi connectivity index (χ0) is 15.9. The molecule has 1 aliphatic heterocycles. The number of benzene rings is 1. The molecular formula is C18H23N3O2. The van der Waals surface area contributed by atoms with Crippen LogP contribution in [0.25, 0.3) is 11.5 Å². The monoisotopic (exact) mass is 313 g/mol. The molecule has 2 heterocycles. The molecule has 0 atom stereocenters. The fraction of sp³-hybridized carbons (Fsp3) is 0.444. The molecule has 5 heteroatoms. The Bertz CT molecular complexity index is 618. The minimum atomic E-state index is 0.0905. The number of carbonyl (C=O) groups excluding carboxylic acids is 1. The average molecular weight is 313 g/mol. The lowest BCUT2D eigenvalue weighted by Crippen LogP contribution is -2.29. The molecule has 1 saturated heterocycles. The second-order valence-corrected chi connectivity index (χ2v) is 6.02.